The molecule has 1 aliphatic rings. The molecule has 1 unspecified atom stereocenters. The van der Waals surface area contributed by atoms with Gasteiger partial charge in [0.25, 0.3) is 5.91 Å². The SMILES string of the molecule is Cc1nc(C(C)c2cc(Cl)c(F)c(C(=O)N3CCOCC3)c2OC(C)C)n2ccnc(N)c12. The van der Waals surface area contributed by atoms with Crippen molar-refractivity contribution in [1.29, 1.82) is 0 Å². The van der Waals surface area contributed by atoms with Crippen LogP contribution in [-0.4, -0.2) is 57.6 Å². The molecule has 10 heteroatoms. The van der Waals surface area contributed by atoms with Gasteiger partial charge in [-0.05, 0) is 26.8 Å². The predicted octanol–water partition coefficient (Wildman–Crippen LogP) is 3.82. The van der Waals surface area contributed by atoms with Crippen molar-refractivity contribution in [3.63, 3.8) is 0 Å². The Labute approximate surface area is 196 Å². The normalized spacial score (nSPS) is 15.3. The number of hydrogen-bond acceptors (Lipinski definition) is 6. The van der Waals surface area contributed by atoms with E-state index in [-0.39, 0.29) is 22.4 Å². The van der Waals surface area contributed by atoms with Gasteiger partial charge in [-0.3, -0.25) is 9.20 Å². The van der Waals surface area contributed by atoms with Gasteiger partial charge in [-0.1, -0.05) is 18.5 Å². The van der Waals surface area contributed by atoms with Crippen LogP contribution in [0, 0.1) is 12.7 Å². The number of aryl methyl sites for hydroxylation is 1. The third kappa shape index (κ3) is 4.22. The minimum atomic E-state index is -0.794. The largest absolute Gasteiger partial charge is 0.490 e. The molecule has 33 heavy (non-hydrogen) atoms. The second-order valence-corrected chi connectivity index (χ2v) is 8.75. The molecule has 3 aromatic rings. The molecule has 0 saturated carbocycles. The number of amides is 1. The second-order valence-electron chi connectivity index (χ2n) is 8.35. The van der Waals surface area contributed by atoms with Crippen LogP contribution in [-0.2, 0) is 4.74 Å². The first-order valence-corrected chi connectivity index (χ1v) is 11.2. The molecule has 8 nitrogen and oxygen atoms in total. The van der Waals surface area contributed by atoms with Crippen LogP contribution in [0.2, 0.25) is 5.02 Å². The number of nitrogens with two attached hydrogens (primary N) is 1. The van der Waals surface area contributed by atoms with Gasteiger partial charge in [0.05, 0.1) is 30.0 Å². The number of benzene rings is 1. The Hall–Kier alpha value is -2.91. The zero-order chi connectivity index (χ0) is 23.9. The molecule has 1 aliphatic heterocycles. The maximum Gasteiger partial charge on any atom is 0.260 e. The van der Waals surface area contributed by atoms with Crippen LogP contribution in [0.25, 0.3) is 5.52 Å². The topological polar surface area (TPSA) is 95.0 Å². The number of nitrogens with zero attached hydrogens (tertiary/aromatic N) is 4. The van der Waals surface area contributed by atoms with Gasteiger partial charge in [0.1, 0.15) is 28.5 Å². The quantitative estimate of drug-likeness (QED) is 0.602. The van der Waals surface area contributed by atoms with Crippen molar-refractivity contribution in [2.24, 2.45) is 0 Å². The molecule has 4 rings (SSSR count). The predicted molar refractivity (Wildman–Crippen MR) is 124 cm³/mol. The third-order valence-electron chi connectivity index (χ3n) is 5.70. The minimum Gasteiger partial charge on any atom is -0.490 e. The van der Waals surface area contributed by atoms with Gasteiger partial charge < -0.3 is 20.1 Å². The maximum absolute atomic E-state index is 15.3. The lowest BCUT2D eigenvalue weighted by Crippen LogP contribution is -2.41. The summed E-state index contributed by atoms with van der Waals surface area (Å²) in [5, 5.41) is -0.150. The highest BCUT2D eigenvalue weighted by Crippen LogP contribution is 2.40. The van der Waals surface area contributed by atoms with E-state index >= 15 is 4.39 Å². The molecule has 1 amide bonds. The first-order valence-electron chi connectivity index (χ1n) is 10.8. The summed E-state index contributed by atoms with van der Waals surface area (Å²) in [7, 11) is 0. The number of hydrogen-bond donors (Lipinski definition) is 1. The monoisotopic (exact) mass is 475 g/mol. The second kappa shape index (κ2) is 9.15. The zero-order valence-corrected chi connectivity index (χ0v) is 19.8. The molecule has 0 spiro atoms. The molecule has 1 saturated heterocycles. The molecule has 1 fully saturated rings. The highest BCUT2D eigenvalue weighted by atomic mass is 35.5. The first kappa shape index (κ1) is 23.3. The summed E-state index contributed by atoms with van der Waals surface area (Å²) in [6, 6.07) is 1.51. The summed E-state index contributed by atoms with van der Waals surface area (Å²) in [6.45, 7) is 8.93. The molecule has 0 radical (unpaired) electrons. The molecule has 2 aromatic heterocycles. The van der Waals surface area contributed by atoms with Gasteiger partial charge in [-0.15, -0.1) is 0 Å². The van der Waals surface area contributed by atoms with E-state index in [1.54, 1.807) is 17.3 Å². The summed E-state index contributed by atoms with van der Waals surface area (Å²) in [4.78, 5) is 23.8. The number of morpholine rings is 1. The number of nitrogen functional groups attached to an aromatic ring is 1. The number of carbonyl (C=O) groups is 1. The maximum atomic E-state index is 15.3. The molecular weight excluding hydrogens is 449 g/mol. The van der Waals surface area contributed by atoms with E-state index in [1.165, 1.54) is 6.07 Å². The molecule has 176 valence electrons. The lowest BCUT2D eigenvalue weighted by Gasteiger charge is -2.29. The number of carbonyl (C=O) groups excluding carboxylic acids is 1. The van der Waals surface area contributed by atoms with E-state index in [4.69, 9.17) is 31.8 Å². The van der Waals surface area contributed by atoms with Crippen LogP contribution >= 0.6 is 11.6 Å². The minimum absolute atomic E-state index is 0.150. The number of fused-ring (bicyclic) bond motifs is 1. The number of imidazole rings is 1. The van der Waals surface area contributed by atoms with Crippen molar-refractivity contribution < 1.29 is 18.7 Å². The zero-order valence-electron chi connectivity index (χ0n) is 19.1. The number of rotatable bonds is 5. The van der Waals surface area contributed by atoms with Crippen LogP contribution in [0.15, 0.2) is 18.5 Å². The molecule has 1 atom stereocenters. The molecule has 3 heterocycles. The average Bonchev–Trinajstić information content (AvgIpc) is 3.13. The Morgan fingerprint density at radius 3 is 2.67 bits per heavy atom. The molecule has 0 aliphatic carbocycles. The van der Waals surface area contributed by atoms with E-state index in [0.29, 0.717) is 54.7 Å². The molecule has 1 aromatic carbocycles. The summed E-state index contributed by atoms with van der Waals surface area (Å²) in [5.74, 6) is -0.474. The first-order chi connectivity index (χ1) is 15.7. The highest BCUT2D eigenvalue weighted by molar-refractivity contribution is 6.31. The van der Waals surface area contributed by atoms with Crippen molar-refractivity contribution in [1.82, 2.24) is 19.3 Å². The van der Waals surface area contributed by atoms with Crippen LogP contribution in [0.1, 0.15) is 54.1 Å². The van der Waals surface area contributed by atoms with Crippen LogP contribution in [0.3, 0.4) is 0 Å². The smallest absolute Gasteiger partial charge is 0.260 e. The standard InChI is InChI=1S/C23H27ClFN5O3/c1-12(2)33-20-15(13(3)22-28-14(4)19-21(26)27-5-6-30(19)22)11-16(24)18(25)17(20)23(31)29-7-9-32-10-8-29/h5-6,11-13H,7-10H2,1-4H3,(H2,26,27). The summed E-state index contributed by atoms with van der Waals surface area (Å²) in [6.07, 6.45) is 3.06. The van der Waals surface area contributed by atoms with Crippen LogP contribution in [0.5, 0.6) is 5.75 Å². The molecule has 0 bridgehead atoms. The van der Waals surface area contributed by atoms with Crippen molar-refractivity contribution in [3.8, 4) is 5.75 Å². The van der Waals surface area contributed by atoms with Gasteiger partial charge in [0.15, 0.2) is 5.82 Å². The van der Waals surface area contributed by atoms with Gasteiger partial charge in [0.2, 0.25) is 0 Å². The Bertz CT molecular complexity index is 1210. The van der Waals surface area contributed by atoms with Gasteiger partial charge >= 0.3 is 0 Å². The Morgan fingerprint density at radius 1 is 1.30 bits per heavy atom. The van der Waals surface area contributed by atoms with Crippen molar-refractivity contribution >= 4 is 28.8 Å². The van der Waals surface area contributed by atoms with Crippen molar-refractivity contribution in [2.75, 3.05) is 32.0 Å². The van der Waals surface area contributed by atoms with Crippen LogP contribution in [0.4, 0.5) is 10.2 Å². The van der Waals surface area contributed by atoms with Crippen molar-refractivity contribution in [3.05, 3.63) is 51.9 Å². The third-order valence-corrected chi connectivity index (χ3v) is 5.98. The Morgan fingerprint density at radius 2 is 2.00 bits per heavy atom. The van der Waals surface area contributed by atoms with E-state index < -0.39 is 17.6 Å². The molecular formula is C23H27ClFN5O3. The number of halogens is 2. The number of ether oxygens (including phenoxy) is 2. The Kier molecular flexibility index (Phi) is 6.45. The number of anilines is 1. The van der Waals surface area contributed by atoms with E-state index in [0.717, 1.165) is 0 Å². The average molecular weight is 476 g/mol. The van der Waals surface area contributed by atoms with E-state index in [1.807, 2.05) is 32.1 Å². The van der Waals surface area contributed by atoms with Gasteiger partial charge in [-0.2, -0.15) is 0 Å². The lowest BCUT2D eigenvalue weighted by molar-refractivity contribution is 0.0296. The van der Waals surface area contributed by atoms with Gasteiger partial charge in [-0.25, -0.2) is 14.4 Å². The summed E-state index contributed by atoms with van der Waals surface area (Å²) < 4.78 is 28.6. The van der Waals surface area contributed by atoms with Crippen LogP contribution < -0.4 is 10.5 Å². The fraction of sp³-hybridized carbons (Fsp3) is 0.435. The fourth-order valence-corrected chi connectivity index (χ4v) is 4.35. The summed E-state index contributed by atoms with van der Waals surface area (Å²) in [5.41, 5.74) is 7.88. The fourth-order valence-electron chi connectivity index (χ4n) is 4.14. The molecule has 2 N–H and O–H groups in total. The Balaban J connectivity index is 1.90. The summed E-state index contributed by atoms with van der Waals surface area (Å²) >= 11 is 6.31. The lowest BCUT2D eigenvalue weighted by atomic mass is 9.95. The van der Waals surface area contributed by atoms with E-state index in [9.17, 15) is 4.79 Å². The highest BCUT2D eigenvalue weighted by Gasteiger charge is 2.32. The van der Waals surface area contributed by atoms with E-state index in [2.05, 4.69) is 4.98 Å². The van der Waals surface area contributed by atoms with Gasteiger partial charge in [0, 0.05) is 37.0 Å². The number of aromatic nitrogens is 3. The van der Waals surface area contributed by atoms with Crippen molar-refractivity contribution in [2.45, 2.75) is 39.7 Å².